The lowest BCUT2D eigenvalue weighted by Gasteiger charge is -2.29. The number of carbonyl (C=O) groups excluding carboxylic acids is 1. The van der Waals surface area contributed by atoms with Gasteiger partial charge in [-0.25, -0.2) is 0 Å². The van der Waals surface area contributed by atoms with Crippen molar-refractivity contribution in [3.63, 3.8) is 0 Å². The van der Waals surface area contributed by atoms with Crippen LogP contribution in [0.4, 0.5) is 0 Å². The van der Waals surface area contributed by atoms with E-state index >= 15 is 0 Å². The fourth-order valence-corrected chi connectivity index (χ4v) is 4.82. The molecule has 1 amide bonds. The number of hydrogen-bond acceptors (Lipinski definition) is 4. The summed E-state index contributed by atoms with van der Waals surface area (Å²) in [6.45, 7) is 7.04. The number of pyridine rings is 1. The smallest absolute Gasteiger partial charge is 0.282 e. The van der Waals surface area contributed by atoms with Crippen LogP contribution in [0.2, 0.25) is 0 Å². The second-order valence-corrected chi connectivity index (χ2v) is 7.74. The van der Waals surface area contributed by atoms with Crippen molar-refractivity contribution in [3.8, 4) is 0 Å². The average molecular weight is 354 g/mol. The maximum Gasteiger partial charge on any atom is 0.282 e. The molecule has 0 bridgehead atoms. The van der Waals surface area contributed by atoms with Crippen molar-refractivity contribution in [1.82, 2.24) is 18.9 Å². The predicted molar refractivity (Wildman–Crippen MR) is 92.3 cm³/mol. The Labute approximate surface area is 144 Å². The van der Waals surface area contributed by atoms with Crippen LogP contribution in [-0.2, 0) is 21.5 Å². The van der Waals surface area contributed by atoms with E-state index in [4.69, 9.17) is 0 Å². The minimum Gasteiger partial charge on any atom is -0.352 e. The molecule has 0 spiro atoms. The molecule has 1 aliphatic heterocycles. The van der Waals surface area contributed by atoms with Gasteiger partial charge < -0.3 is 5.32 Å². The van der Waals surface area contributed by atoms with Gasteiger partial charge in [0.05, 0.1) is 11.7 Å². The molecule has 1 saturated heterocycles. The first kappa shape index (κ1) is 18.8. The summed E-state index contributed by atoms with van der Waals surface area (Å²) in [5, 5.41) is 2.72. The maximum atomic E-state index is 12.8. The molecular formula is C16H26N4O3S. The quantitative estimate of drug-likeness (QED) is 0.803. The molecule has 1 aliphatic rings. The van der Waals surface area contributed by atoms with Gasteiger partial charge in [-0.05, 0) is 24.5 Å². The molecular weight excluding hydrogens is 328 g/mol. The lowest BCUT2D eigenvalue weighted by atomic mass is 10.1. The molecule has 1 aromatic rings. The van der Waals surface area contributed by atoms with Gasteiger partial charge in [0.15, 0.2) is 0 Å². The van der Waals surface area contributed by atoms with Crippen molar-refractivity contribution in [3.05, 3.63) is 29.6 Å². The topological polar surface area (TPSA) is 82.6 Å². The fourth-order valence-electron chi connectivity index (χ4n) is 2.97. The van der Waals surface area contributed by atoms with Crippen molar-refractivity contribution in [2.75, 3.05) is 19.6 Å². The highest BCUT2D eigenvalue weighted by Gasteiger charge is 2.38. The van der Waals surface area contributed by atoms with Crippen LogP contribution >= 0.6 is 0 Å². The fraction of sp³-hybridized carbons (Fsp3) is 0.625. The SMILES string of the molecule is CCN(CC)S(=O)(=O)N1CCC[C@H]1c1ccc(CNC(C)=O)cn1. The van der Waals surface area contributed by atoms with Gasteiger partial charge in [-0.1, -0.05) is 19.9 Å². The molecule has 0 aliphatic carbocycles. The van der Waals surface area contributed by atoms with Gasteiger partial charge >= 0.3 is 0 Å². The number of nitrogens with one attached hydrogen (secondary N) is 1. The molecule has 1 fully saturated rings. The van der Waals surface area contributed by atoms with Crippen LogP contribution in [0.15, 0.2) is 18.3 Å². The van der Waals surface area contributed by atoms with E-state index in [0.29, 0.717) is 26.2 Å². The van der Waals surface area contributed by atoms with Crippen LogP contribution in [-0.4, -0.2) is 47.6 Å². The first-order chi connectivity index (χ1) is 11.4. The highest BCUT2D eigenvalue weighted by molar-refractivity contribution is 7.86. The number of rotatable bonds is 7. The molecule has 1 atom stereocenters. The Bertz CT molecular complexity index is 656. The summed E-state index contributed by atoms with van der Waals surface area (Å²) in [4.78, 5) is 15.4. The van der Waals surface area contributed by atoms with Crippen LogP contribution in [0.5, 0.6) is 0 Å². The molecule has 1 N–H and O–H groups in total. The number of amides is 1. The standard InChI is InChI=1S/C16H26N4O3S/c1-4-19(5-2)24(22,23)20-10-6-7-16(20)15-9-8-14(12-18-15)11-17-13(3)21/h8-9,12,16H,4-7,10-11H2,1-3H3,(H,17,21)/t16-/m0/s1. The Kier molecular flexibility index (Phi) is 6.31. The van der Waals surface area contributed by atoms with E-state index < -0.39 is 10.2 Å². The molecule has 7 nitrogen and oxygen atoms in total. The zero-order chi connectivity index (χ0) is 17.7. The Hall–Kier alpha value is -1.51. The van der Waals surface area contributed by atoms with Gasteiger partial charge in [-0.3, -0.25) is 9.78 Å². The summed E-state index contributed by atoms with van der Waals surface area (Å²) in [5.41, 5.74) is 1.65. The molecule has 134 valence electrons. The summed E-state index contributed by atoms with van der Waals surface area (Å²) >= 11 is 0. The van der Waals surface area contributed by atoms with Gasteiger partial charge in [0.2, 0.25) is 5.91 Å². The summed E-state index contributed by atoms with van der Waals surface area (Å²) in [5.74, 6) is -0.0913. The van der Waals surface area contributed by atoms with Crippen LogP contribution in [0.3, 0.4) is 0 Å². The summed E-state index contributed by atoms with van der Waals surface area (Å²) in [6, 6.07) is 3.53. The average Bonchev–Trinajstić information content (AvgIpc) is 3.04. The number of hydrogen-bond donors (Lipinski definition) is 1. The minimum atomic E-state index is -3.46. The van der Waals surface area contributed by atoms with Crippen LogP contribution in [0.25, 0.3) is 0 Å². The Balaban J connectivity index is 2.17. The molecule has 0 unspecified atom stereocenters. The van der Waals surface area contributed by atoms with Crippen molar-refractivity contribution >= 4 is 16.1 Å². The van der Waals surface area contributed by atoms with Crippen LogP contribution < -0.4 is 5.32 Å². The summed E-state index contributed by atoms with van der Waals surface area (Å²) in [6.07, 6.45) is 3.31. The molecule has 8 heteroatoms. The molecule has 0 aromatic carbocycles. The molecule has 0 saturated carbocycles. The van der Waals surface area contributed by atoms with Gasteiger partial charge in [0, 0.05) is 39.3 Å². The van der Waals surface area contributed by atoms with Crippen LogP contribution in [0, 0.1) is 0 Å². The van der Waals surface area contributed by atoms with E-state index in [1.165, 1.54) is 11.2 Å². The van der Waals surface area contributed by atoms with Crippen molar-refractivity contribution in [2.45, 2.75) is 46.2 Å². The summed E-state index contributed by atoms with van der Waals surface area (Å²) in [7, 11) is -3.46. The molecule has 0 radical (unpaired) electrons. The second kappa shape index (κ2) is 8.04. The monoisotopic (exact) mass is 354 g/mol. The van der Waals surface area contributed by atoms with E-state index in [1.807, 2.05) is 26.0 Å². The number of nitrogens with zero attached hydrogens (tertiary/aromatic N) is 3. The first-order valence-electron chi connectivity index (χ1n) is 8.36. The zero-order valence-corrected chi connectivity index (χ0v) is 15.3. The lowest BCUT2D eigenvalue weighted by Crippen LogP contribution is -2.43. The second-order valence-electron chi connectivity index (χ2n) is 5.86. The predicted octanol–water partition coefficient (Wildman–Crippen LogP) is 1.44. The van der Waals surface area contributed by atoms with Gasteiger partial charge in [0.25, 0.3) is 10.2 Å². The normalized spacial score (nSPS) is 18.9. The third-order valence-corrected chi connectivity index (χ3v) is 6.46. The largest absolute Gasteiger partial charge is 0.352 e. The van der Waals surface area contributed by atoms with E-state index in [-0.39, 0.29) is 11.9 Å². The van der Waals surface area contributed by atoms with Gasteiger partial charge in [-0.15, -0.1) is 0 Å². The molecule has 1 aromatic heterocycles. The van der Waals surface area contributed by atoms with E-state index in [9.17, 15) is 13.2 Å². The molecule has 24 heavy (non-hydrogen) atoms. The van der Waals surface area contributed by atoms with Crippen molar-refractivity contribution in [1.29, 1.82) is 0 Å². The van der Waals surface area contributed by atoms with Gasteiger partial charge in [-0.2, -0.15) is 17.0 Å². The Morgan fingerprint density at radius 3 is 2.62 bits per heavy atom. The maximum absolute atomic E-state index is 12.8. The van der Waals surface area contributed by atoms with Crippen LogP contribution in [0.1, 0.15) is 50.9 Å². The number of carbonyl (C=O) groups is 1. The van der Waals surface area contributed by atoms with Crippen molar-refractivity contribution < 1.29 is 13.2 Å². The van der Waals surface area contributed by atoms with Gasteiger partial charge in [0.1, 0.15) is 0 Å². The highest BCUT2D eigenvalue weighted by atomic mass is 32.2. The third-order valence-electron chi connectivity index (χ3n) is 4.26. The molecule has 2 rings (SSSR count). The molecule has 2 heterocycles. The Morgan fingerprint density at radius 2 is 2.08 bits per heavy atom. The van der Waals surface area contributed by atoms with E-state index in [0.717, 1.165) is 24.1 Å². The number of aromatic nitrogens is 1. The first-order valence-corrected chi connectivity index (χ1v) is 9.76. The van der Waals surface area contributed by atoms with E-state index in [1.54, 1.807) is 10.5 Å². The zero-order valence-electron chi connectivity index (χ0n) is 14.5. The lowest BCUT2D eigenvalue weighted by molar-refractivity contribution is -0.119. The highest BCUT2D eigenvalue weighted by Crippen LogP contribution is 2.34. The van der Waals surface area contributed by atoms with E-state index in [2.05, 4.69) is 10.3 Å². The third kappa shape index (κ3) is 4.12. The minimum absolute atomic E-state index is 0.0913. The summed E-state index contributed by atoms with van der Waals surface area (Å²) < 4.78 is 28.6. The Morgan fingerprint density at radius 1 is 1.38 bits per heavy atom. The van der Waals surface area contributed by atoms with Crippen molar-refractivity contribution in [2.24, 2.45) is 0 Å².